The number of nitrogens with zero attached hydrogens (tertiary/aromatic N) is 6. The maximum absolute atomic E-state index is 14.6. The molecule has 9 nitrogen and oxygen atoms in total. The molecule has 3 heterocycles. The van der Waals surface area contributed by atoms with Crippen LogP contribution in [0.25, 0.3) is 11.4 Å². The minimum atomic E-state index is -3.32. The van der Waals surface area contributed by atoms with Crippen LogP contribution in [0.5, 0.6) is 0 Å². The summed E-state index contributed by atoms with van der Waals surface area (Å²) in [5.74, 6) is 0.748. The Kier molecular flexibility index (Phi) is 7.99. The second-order valence-corrected chi connectivity index (χ2v) is 12.2. The Balaban J connectivity index is 1.64. The van der Waals surface area contributed by atoms with Crippen LogP contribution >= 0.6 is 0 Å². The van der Waals surface area contributed by atoms with Gasteiger partial charge in [0.05, 0.1) is 23.8 Å². The summed E-state index contributed by atoms with van der Waals surface area (Å²) in [6.07, 6.45) is 4.64. The largest absolute Gasteiger partial charge is 0.351 e. The van der Waals surface area contributed by atoms with Gasteiger partial charge in [-0.1, -0.05) is 0 Å². The zero-order valence-electron chi connectivity index (χ0n) is 21.3. The Morgan fingerprint density at radius 2 is 1.85 bits per heavy atom. The zero-order valence-corrected chi connectivity index (χ0v) is 22.2. The van der Waals surface area contributed by atoms with E-state index < -0.39 is 15.8 Å². The topological polar surface area (TPSA) is 96.2 Å². The van der Waals surface area contributed by atoms with E-state index in [0.717, 1.165) is 5.82 Å². The monoisotopic (exact) mass is 495 g/mol. The van der Waals surface area contributed by atoms with Crippen LogP contribution < -0.4 is 5.32 Å². The van der Waals surface area contributed by atoms with Gasteiger partial charge in [0, 0.05) is 30.7 Å². The Morgan fingerprint density at radius 3 is 2.44 bits per heavy atom. The van der Waals surface area contributed by atoms with Gasteiger partial charge in [-0.25, -0.2) is 32.1 Å². The van der Waals surface area contributed by atoms with Crippen molar-refractivity contribution < 1.29 is 12.8 Å². The number of nitrogens with one attached hydrogen (secondary N) is 1. The van der Waals surface area contributed by atoms with E-state index in [1.54, 1.807) is 10.5 Å². The van der Waals surface area contributed by atoms with Crippen molar-refractivity contribution in [3.8, 4) is 11.4 Å². The van der Waals surface area contributed by atoms with Crippen molar-refractivity contribution in [2.75, 3.05) is 38.3 Å². The van der Waals surface area contributed by atoms with E-state index in [2.05, 4.69) is 20.3 Å². The second kappa shape index (κ2) is 10.2. The van der Waals surface area contributed by atoms with E-state index in [9.17, 15) is 12.8 Å². The predicted octanol–water partition coefficient (Wildman–Crippen LogP) is 3.30. The highest BCUT2D eigenvalue weighted by Crippen LogP contribution is 2.27. The lowest BCUT2D eigenvalue weighted by Gasteiger charge is -2.35. The van der Waals surface area contributed by atoms with Crippen molar-refractivity contribution in [3.05, 3.63) is 24.0 Å². The summed E-state index contributed by atoms with van der Waals surface area (Å²) in [5.41, 5.74) is 0.626. The molecular formula is C23H38FN7O2S. The van der Waals surface area contributed by atoms with Gasteiger partial charge in [-0.05, 0) is 68.0 Å². The highest BCUT2D eigenvalue weighted by atomic mass is 32.2. The number of imidazole rings is 1. The Labute approximate surface area is 202 Å². The summed E-state index contributed by atoms with van der Waals surface area (Å²) >= 11 is 0. The van der Waals surface area contributed by atoms with Gasteiger partial charge in [0.1, 0.15) is 11.5 Å². The molecule has 3 rings (SSSR count). The SMILES string of the molecule is Cc1ncc(-c2nc(NC3CCN(S(=O)(=O)CCC(C)(C)N(C)C)CC3)ncc2F)n1C(C)C. The molecule has 0 aromatic carbocycles. The van der Waals surface area contributed by atoms with Gasteiger partial charge in [-0.2, -0.15) is 0 Å². The van der Waals surface area contributed by atoms with Crippen LogP contribution in [0.4, 0.5) is 10.3 Å². The summed E-state index contributed by atoms with van der Waals surface area (Å²) in [6, 6.07) is 0.123. The number of piperidine rings is 1. The summed E-state index contributed by atoms with van der Waals surface area (Å²) in [5, 5.41) is 3.27. The number of aryl methyl sites for hydroxylation is 1. The standard InChI is InChI=1S/C23H38FN7O2S/c1-16(2)31-17(3)25-15-20(31)21-19(24)14-26-22(28-21)27-18-8-11-30(12-9-18)34(32,33)13-10-23(4,5)29(6)7/h14-16,18H,8-13H2,1-7H3,(H,26,27,28). The number of halogens is 1. The fraction of sp³-hybridized carbons (Fsp3) is 0.696. The van der Waals surface area contributed by atoms with E-state index in [0.29, 0.717) is 44.0 Å². The molecular weight excluding hydrogens is 457 g/mol. The Hall–Kier alpha value is -2.11. The van der Waals surface area contributed by atoms with Gasteiger partial charge in [-0.3, -0.25) is 0 Å². The molecule has 1 fully saturated rings. The molecule has 0 spiro atoms. The van der Waals surface area contributed by atoms with E-state index in [-0.39, 0.29) is 29.1 Å². The third-order valence-electron chi connectivity index (χ3n) is 6.85. The van der Waals surface area contributed by atoms with Crippen LogP contribution in [0.3, 0.4) is 0 Å². The van der Waals surface area contributed by atoms with Gasteiger partial charge in [-0.15, -0.1) is 0 Å². The molecule has 2 aromatic heterocycles. The van der Waals surface area contributed by atoms with Crippen LogP contribution in [0.15, 0.2) is 12.4 Å². The van der Waals surface area contributed by atoms with Gasteiger partial charge >= 0.3 is 0 Å². The lowest BCUT2D eigenvalue weighted by Crippen LogP contribution is -2.45. The average Bonchev–Trinajstić information content (AvgIpc) is 3.15. The fourth-order valence-corrected chi connectivity index (χ4v) is 5.87. The molecule has 0 bridgehead atoms. The van der Waals surface area contributed by atoms with E-state index in [1.807, 2.05) is 58.2 Å². The number of sulfonamides is 1. The summed E-state index contributed by atoms with van der Waals surface area (Å²) in [6.45, 7) is 10.9. The van der Waals surface area contributed by atoms with Crippen LogP contribution in [0.1, 0.15) is 58.8 Å². The zero-order chi connectivity index (χ0) is 25.3. The first kappa shape index (κ1) is 26.5. The number of rotatable bonds is 9. The van der Waals surface area contributed by atoms with Gasteiger partial charge in [0.2, 0.25) is 16.0 Å². The second-order valence-electron chi connectivity index (χ2n) is 10.1. The van der Waals surface area contributed by atoms with Crippen molar-refractivity contribution in [2.45, 2.75) is 71.5 Å². The van der Waals surface area contributed by atoms with Crippen molar-refractivity contribution in [2.24, 2.45) is 0 Å². The number of aromatic nitrogens is 4. The molecule has 0 amide bonds. The molecule has 1 saturated heterocycles. The highest BCUT2D eigenvalue weighted by molar-refractivity contribution is 7.89. The van der Waals surface area contributed by atoms with Crippen LogP contribution in [0.2, 0.25) is 0 Å². The molecule has 1 aliphatic heterocycles. The first-order chi connectivity index (χ1) is 15.8. The first-order valence-electron chi connectivity index (χ1n) is 11.8. The van der Waals surface area contributed by atoms with Crippen molar-refractivity contribution in [1.29, 1.82) is 0 Å². The van der Waals surface area contributed by atoms with Crippen LogP contribution in [0, 0.1) is 12.7 Å². The molecule has 0 atom stereocenters. The van der Waals surface area contributed by atoms with E-state index >= 15 is 0 Å². The highest BCUT2D eigenvalue weighted by Gasteiger charge is 2.31. The number of hydrogen-bond donors (Lipinski definition) is 1. The summed E-state index contributed by atoms with van der Waals surface area (Å²) in [7, 11) is 0.609. The fourth-order valence-electron chi connectivity index (χ4n) is 4.09. The molecule has 0 radical (unpaired) electrons. The van der Waals surface area contributed by atoms with Gasteiger partial charge in [0.25, 0.3) is 0 Å². The number of hydrogen-bond acceptors (Lipinski definition) is 7. The first-order valence-corrected chi connectivity index (χ1v) is 13.4. The number of anilines is 1. The molecule has 0 unspecified atom stereocenters. The van der Waals surface area contributed by atoms with Crippen molar-refractivity contribution >= 4 is 16.0 Å². The maximum atomic E-state index is 14.6. The van der Waals surface area contributed by atoms with Gasteiger partial charge in [0.15, 0.2) is 5.82 Å². The molecule has 1 aliphatic rings. The van der Waals surface area contributed by atoms with Crippen LogP contribution in [-0.2, 0) is 10.0 Å². The molecule has 0 saturated carbocycles. The minimum Gasteiger partial charge on any atom is -0.351 e. The van der Waals surface area contributed by atoms with Crippen LogP contribution in [-0.4, -0.2) is 81.7 Å². The van der Waals surface area contributed by atoms with Gasteiger partial charge < -0.3 is 14.8 Å². The predicted molar refractivity (Wildman–Crippen MR) is 133 cm³/mol. The average molecular weight is 496 g/mol. The van der Waals surface area contributed by atoms with Crippen molar-refractivity contribution in [3.63, 3.8) is 0 Å². The minimum absolute atomic E-state index is 0.0136. The molecule has 190 valence electrons. The molecule has 11 heteroatoms. The molecule has 34 heavy (non-hydrogen) atoms. The third kappa shape index (κ3) is 5.92. The Bertz CT molecular complexity index is 1090. The quantitative estimate of drug-likeness (QED) is 0.570. The summed E-state index contributed by atoms with van der Waals surface area (Å²) < 4.78 is 43.8. The third-order valence-corrected chi connectivity index (χ3v) is 8.72. The van der Waals surface area contributed by atoms with Crippen molar-refractivity contribution in [1.82, 2.24) is 28.7 Å². The molecule has 1 N–H and O–H groups in total. The normalized spacial score (nSPS) is 16.5. The molecule has 0 aliphatic carbocycles. The smallest absolute Gasteiger partial charge is 0.223 e. The lowest BCUT2D eigenvalue weighted by molar-refractivity contribution is 0.189. The van der Waals surface area contributed by atoms with E-state index in [4.69, 9.17) is 0 Å². The summed E-state index contributed by atoms with van der Waals surface area (Å²) in [4.78, 5) is 14.9. The Morgan fingerprint density at radius 1 is 1.21 bits per heavy atom. The lowest BCUT2D eigenvalue weighted by atomic mass is 10.0. The van der Waals surface area contributed by atoms with E-state index in [1.165, 1.54) is 6.20 Å². The molecule has 2 aromatic rings. The maximum Gasteiger partial charge on any atom is 0.223 e.